The molecular weight excluding hydrogens is 403 g/mol. The standard InChI is InChI=1S/C17H28N4O.HI/c1-6-19-16(21-12-17(3,4)15(22)18-5)20-11-14-10-8-7-9-13(14)2;/h7-10H,6,11-12H2,1-5H3,(H,18,22)(H2,19,20,21);1H. The molecule has 5 nitrogen and oxygen atoms in total. The molecule has 6 heteroatoms. The molecular formula is C17H29IN4O. The first-order valence-corrected chi connectivity index (χ1v) is 7.69. The summed E-state index contributed by atoms with van der Waals surface area (Å²) in [5.41, 5.74) is 1.94. The summed E-state index contributed by atoms with van der Waals surface area (Å²) >= 11 is 0. The van der Waals surface area contributed by atoms with Crippen LogP contribution in [-0.2, 0) is 11.3 Å². The van der Waals surface area contributed by atoms with Crippen LogP contribution in [0.2, 0.25) is 0 Å². The van der Waals surface area contributed by atoms with E-state index in [0.717, 1.165) is 12.5 Å². The third-order valence-electron chi connectivity index (χ3n) is 3.55. The molecule has 0 spiro atoms. The molecule has 0 radical (unpaired) electrons. The minimum absolute atomic E-state index is 0. The van der Waals surface area contributed by atoms with E-state index in [4.69, 9.17) is 0 Å². The maximum absolute atomic E-state index is 11.8. The number of amides is 1. The lowest BCUT2D eigenvalue weighted by molar-refractivity contribution is -0.128. The molecule has 0 atom stereocenters. The van der Waals surface area contributed by atoms with Gasteiger partial charge in [0.15, 0.2) is 5.96 Å². The van der Waals surface area contributed by atoms with E-state index in [-0.39, 0.29) is 29.9 Å². The van der Waals surface area contributed by atoms with Crippen LogP contribution in [0.5, 0.6) is 0 Å². The van der Waals surface area contributed by atoms with Crippen LogP contribution < -0.4 is 16.0 Å². The zero-order valence-electron chi connectivity index (χ0n) is 14.7. The van der Waals surface area contributed by atoms with E-state index < -0.39 is 5.41 Å². The molecule has 0 fully saturated rings. The minimum Gasteiger partial charge on any atom is -0.359 e. The van der Waals surface area contributed by atoms with Crippen LogP contribution in [0.4, 0.5) is 0 Å². The zero-order valence-corrected chi connectivity index (χ0v) is 17.0. The molecule has 0 bridgehead atoms. The van der Waals surface area contributed by atoms with Crippen molar-refractivity contribution in [2.24, 2.45) is 10.4 Å². The fourth-order valence-electron chi connectivity index (χ4n) is 2.02. The third-order valence-corrected chi connectivity index (χ3v) is 3.55. The number of hydrogen-bond donors (Lipinski definition) is 3. The van der Waals surface area contributed by atoms with E-state index in [1.165, 1.54) is 11.1 Å². The highest BCUT2D eigenvalue weighted by atomic mass is 127. The number of carbonyl (C=O) groups excluding carboxylic acids is 1. The van der Waals surface area contributed by atoms with E-state index in [1.54, 1.807) is 7.05 Å². The molecule has 1 aromatic carbocycles. The molecule has 1 amide bonds. The number of nitrogens with one attached hydrogen (secondary N) is 3. The molecule has 1 rings (SSSR count). The number of halogens is 1. The monoisotopic (exact) mass is 432 g/mol. The zero-order chi connectivity index (χ0) is 16.6. The quantitative estimate of drug-likeness (QED) is 0.368. The number of benzene rings is 1. The van der Waals surface area contributed by atoms with Gasteiger partial charge in [0, 0.05) is 20.1 Å². The predicted molar refractivity (Wildman–Crippen MR) is 107 cm³/mol. The fraction of sp³-hybridized carbons (Fsp3) is 0.529. The number of aliphatic imine (C=N–C) groups is 1. The number of nitrogens with zero attached hydrogens (tertiary/aromatic N) is 1. The summed E-state index contributed by atoms with van der Waals surface area (Å²) in [6.07, 6.45) is 0. The Morgan fingerprint density at radius 3 is 2.43 bits per heavy atom. The van der Waals surface area contributed by atoms with Crippen LogP contribution in [0.3, 0.4) is 0 Å². The largest absolute Gasteiger partial charge is 0.359 e. The SMILES string of the molecule is CCNC(=NCc1ccccc1C)NCC(C)(C)C(=O)NC.I. The highest BCUT2D eigenvalue weighted by Gasteiger charge is 2.26. The smallest absolute Gasteiger partial charge is 0.227 e. The lowest BCUT2D eigenvalue weighted by Crippen LogP contribution is -2.47. The number of hydrogen-bond acceptors (Lipinski definition) is 2. The summed E-state index contributed by atoms with van der Waals surface area (Å²) < 4.78 is 0. The Bertz CT molecular complexity index is 529. The first kappa shape index (κ1) is 21.7. The molecule has 130 valence electrons. The van der Waals surface area contributed by atoms with Crippen LogP contribution in [0.25, 0.3) is 0 Å². The van der Waals surface area contributed by atoms with Gasteiger partial charge >= 0.3 is 0 Å². The van der Waals surface area contributed by atoms with Crippen molar-refractivity contribution in [2.45, 2.75) is 34.2 Å². The van der Waals surface area contributed by atoms with Crippen molar-refractivity contribution in [3.05, 3.63) is 35.4 Å². The summed E-state index contributed by atoms with van der Waals surface area (Å²) in [6, 6.07) is 8.21. The first-order chi connectivity index (χ1) is 10.4. The van der Waals surface area contributed by atoms with Crippen molar-refractivity contribution in [2.75, 3.05) is 20.1 Å². The third kappa shape index (κ3) is 7.20. The normalized spacial score (nSPS) is 11.4. The van der Waals surface area contributed by atoms with E-state index in [9.17, 15) is 4.79 Å². The van der Waals surface area contributed by atoms with E-state index in [1.807, 2.05) is 32.9 Å². The molecule has 0 aliphatic carbocycles. The average Bonchev–Trinajstić information content (AvgIpc) is 2.50. The predicted octanol–water partition coefficient (Wildman–Crippen LogP) is 2.44. The Hall–Kier alpha value is -1.31. The van der Waals surface area contributed by atoms with Crippen molar-refractivity contribution < 1.29 is 4.79 Å². The lowest BCUT2D eigenvalue weighted by Gasteiger charge is -2.24. The average molecular weight is 432 g/mol. The topological polar surface area (TPSA) is 65.5 Å². The lowest BCUT2D eigenvalue weighted by atomic mass is 9.92. The van der Waals surface area contributed by atoms with Gasteiger partial charge in [-0.2, -0.15) is 0 Å². The van der Waals surface area contributed by atoms with Crippen LogP contribution in [-0.4, -0.2) is 32.0 Å². The molecule has 0 unspecified atom stereocenters. The van der Waals surface area contributed by atoms with Gasteiger partial charge in [-0.05, 0) is 38.8 Å². The second kappa shape index (κ2) is 10.5. The molecule has 0 aliphatic rings. The van der Waals surface area contributed by atoms with Gasteiger partial charge in [-0.3, -0.25) is 4.79 Å². The highest BCUT2D eigenvalue weighted by Crippen LogP contribution is 2.13. The van der Waals surface area contributed by atoms with E-state index in [0.29, 0.717) is 13.1 Å². The molecule has 0 saturated heterocycles. The molecule has 0 heterocycles. The molecule has 23 heavy (non-hydrogen) atoms. The fourth-order valence-corrected chi connectivity index (χ4v) is 2.02. The van der Waals surface area contributed by atoms with Crippen LogP contribution in [0.1, 0.15) is 31.9 Å². The second-order valence-corrected chi connectivity index (χ2v) is 5.94. The number of carbonyl (C=O) groups is 1. The van der Waals surface area contributed by atoms with Crippen molar-refractivity contribution in [3.8, 4) is 0 Å². The van der Waals surface area contributed by atoms with Gasteiger partial charge < -0.3 is 16.0 Å². The van der Waals surface area contributed by atoms with Gasteiger partial charge in [0.1, 0.15) is 0 Å². The van der Waals surface area contributed by atoms with Gasteiger partial charge in [-0.1, -0.05) is 24.3 Å². The van der Waals surface area contributed by atoms with Crippen LogP contribution in [0.15, 0.2) is 29.3 Å². The van der Waals surface area contributed by atoms with Gasteiger partial charge in [0.2, 0.25) is 5.91 Å². The van der Waals surface area contributed by atoms with Crippen molar-refractivity contribution in [1.82, 2.24) is 16.0 Å². The Kier molecular flexibility index (Phi) is 9.87. The van der Waals surface area contributed by atoms with E-state index >= 15 is 0 Å². The minimum atomic E-state index is -0.492. The molecule has 3 N–H and O–H groups in total. The van der Waals surface area contributed by atoms with E-state index in [2.05, 4.69) is 40.0 Å². The molecule has 1 aromatic rings. The first-order valence-electron chi connectivity index (χ1n) is 7.69. The Morgan fingerprint density at radius 2 is 1.87 bits per heavy atom. The van der Waals surface area contributed by atoms with Gasteiger partial charge in [0.25, 0.3) is 0 Å². The number of rotatable bonds is 6. The van der Waals surface area contributed by atoms with Crippen LogP contribution >= 0.6 is 24.0 Å². The van der Waals surface area contributed by atoms with Crippen molar-refractivity contribution in [1.29, 1.82) is 0 Å². The summed E-state index contributed by atoms with van der Waals surface area (Å²) in [5, 5.41) is 9.14. The molecule has 0 aromatic heterocycles. The maximum atomic E-state index is 11.8. The Labute approximate surface area is 156 Å². The maximum Gasteiger partial charge on any atom is 0.227 e. The summed E-state index contributed by atoms with van der Waals surface area (Å²) in [5.74, 6) is 0.734. The second-order valence-electron chi connectivity index (χ2n) is 5.94. The highest BCUT2D eigenvalue weighted by molar-refractivity contribution is 14.0. The summed E-state index contributed by atoms with van der Waals surface area (Å²) in [7, 11) is 1.65. The Balaban J connectivity index is 0.00000484. The summed E-state index contributed by atoms with van der Waals surface area (Å²) in [4.78, 5) is 16.4. The van der Waals surface area contributed by atoms with Gasteiger partial charge in [0.05, 0.1) is 12.0 Å². The van der Waals surface area contributed by atoms with Gasteiger partial charge in [-0.15, -0.1) is 24.0 Å². The van der Waals surface area contributed by atoms with Crippen molar-refractivity contribution >= 4 is 35.8 Å². The number of aryl methyl sites for hydroxylation is 1. The van der Waals surface area contributed by atoms with Crippen LogP contribution in [0, 0.1) is 12.3 Å². The van der Waals surface area contributed by atoms with Crippen molar-refractivity contribution in [3.63, 3.8) is 0 Å². The molecule has 0 saturated carbocycles. The number of guanidine groups is 1. The molecule has 0 aliphatic heterocycles. The Morgan fingerprint density at radius 1 is 1.22 bits per heavy atom. The summed E-state index contributed by atoms with van der Waals surface area (Å²) in [6.45, 7) is 9.83. The van der Waals surface area contributed by atoms with Gasteiger partial charge in [-0.25, -0.2) is 4.99 Å².